The lowest BCUT2D eigenvalue weighted by molar-refractivity contribution is 0.233. The molecule has 0 saturated heterocycles. The molecule has 0 bridgehead atoms. The van der Waals surface area contributed by atoms with E-state index in [1.54, 1.807) is 0 Å². The lowest BCUT2D eigenvalue weighted by Gasteiger charge is -2.43. The highest BCUT2D eigenvalue weighted by Crippen LogP contribution is 2.38. The van der Waals surface area contributed by atoms with Gasteiger partial charge in [0, 0.05) is 24.1 Å². The Morgan fingerprint density at radius 1 is 1.33 bits per heavy atom. The zero-order valence-corrected chi connectivity index (χ0v) is 15.3. The largest absolute Gasteiger partial charge is 0.362 e. The summed E-state index contributed by atoms with van der Waals surface area (Å²) in [7, 11) is -1.07. The third-order valence-corrected chi connectivity index (χ3v) is 6.11. The minimum Gasteiger partial charge on any atom is -0.362 e. The molecule has 3 rings (SSSR count). The fourth-order valence-electron chi connectivity index (χ4n) is 3.07. The molecule has 8 heteroatoms. The summed E-state index contributed by atoms with van der Waals surface area (Å²) in [6.45, 7) is 6.65. The third kappa shape index (κ3) is 3.24. The molecule has 1 fully saturated rings. The Morgan fingerprint density at radius 3 is 2.58 bits per heavy atom. The van der Waals surface area contributed by atoms with E-state index in [2.05, 4.69) is 36.4 Å². The van der Waals surface area contributed by atoms with Crippen LogP contribution in [0.3, 0.4) is 0 Å². The predicted octanol–water partition coefficient (Wildman–Crippen LogP) is 1.44. The van der Waals surface area contributed by atoms with Crippen LogP contribution in [0.1, 0.15) is 51.6 Å². The van der Waals surface area contributed by atoms with Crippen molar-refractivity contribution in [1.29, 1.82) is 0 Å². The van der Waals surface area contributed by atoms with Crippen molar-refractivity contribution < 1.29 is 9.00 Å². The van der Waals surface area contributed by atoms with Crippen LogP contribution in [0, 0.1) is 0 Å². The van der Waals surface area contributed by atoms with Gasteiger partial charge in [-0.1, -0.05) is 20.8 Å². The van der Waals surface area contributed by atoms with Gasteiger partial charge in [-0.15, -0.1) is 0 Å². The molecule has 4 N–H and O–H groups in total. The zero-order valence-electron chi connectivity index (χ0n) is 14.4. The number of carbonyl (C=O) groups excluding carboxylic acids is 1. The lowest BCUT2D eigenvalue weighted by atomic mass is 9.76. The number of primary amides is 1. The van der Waals surface area contributed by atoms with E-state index in [4.69, 9.17) is 10.7 Å². The molecule has 1 aliphatic carbocycles. The molecule has 1 aromatic rings. The normalized spacial score (nSPS) is 21.7. The number of aromatic nitrogens is 2. The number of aryl methyl sites for hydroxylation is 1. The maximum atomic E-state index is 12.4. The fraction of sp³-hybridized carbons (Fsp3) is 0.688. The number of rotatable bonds is 4. The first-order valence-electron chi connectivity index (χ1n) is 8.31. The van der Waals surface area contributed by atoms with Crippen LogP contribution in [0.4, 0.5) is 10.6 Å². The Kier molecular flexibility index (Phi) is 4.27. The van der Waals surface area contributed by atoms with Gasteiger partial charge in [0.25, 0.3) is 0 Å². The number of nitrogens with one attached hydrogen (secondary N) is 2. The Hall–Kier alpha value is -1.70. The number of hydrogen-bond acceptors (Lipinski definition) is 5. The van der Waals surface area contributed by atoms with Crippen LogP contribution in [0.15, 0.2) is 4.90 Å². The molecule has 1 aromatic heterocycles. The van der Waals surface area contributed by atoms with E-state index in [-0.39, 0.29) is 11.0 Å². The van der Waals surface area contributed by atoms with E-state index in [0.29, 0.717) is 18.1 Å². The van der Waals surface area contributed by atoms with Crippen molar-refractivity contribution in [2.75, 3.05) is 17.6 Å². The van der Waals surface area contributed by atoms with Crippen LogP contribution in [-0.2, 0) is 22.6 Å². The molecule has 0 radical (unpaired) electrons. The summed E-state index contributed by atoms with van der Waals surface area (Å²) in [5.41, 5.74) is 5.64. The minimum atomic E-state index is -1.07. The molecule has 0 aromatic carbocycles. The Bertz CT molecular complexity index is 694. The Balaban J connectivity index is 1.96. The maximum Gasteiger partial charge on any atom is 0.312 e. The van der Waals surface area contributed by atoms with Gasteiger partial charge in [0.15, 0.2) is 0 Å². The topological polar surface area (TPSA) is 110 Å². The Morgan fingerprint density at radius 2 is 2.04 bits per heavy atom. The minimum absolute atomic E-state index is 0.187. The number of nitrogens with zero attached hydrogens (tertiary/aromatic N) is 2. The van der Waals surface area contributed by atoms with E-state index >= 15 is 0 Å². The van der Waals surface area contributed by atoms with Gasteiger partial charge in [0.1, 0.15) is 16.5 Å². The molecule has 7 nitrogen and oxygen atoms in total. The van der Waals surface area contributed by atoms with Gasteiger partial charge in [0.2, 0.25) is 0 Å². The van der Waals surface area contributed by atoms with Crippen LogP contribution in [-0.4, -0.2) is 38.0 Å². The van der Waals surface area contributed by atoms with E-state index in [1.165, 1.54) is 0 Å². The number of hydrogen-bond donors (Lipinski definition) is 3. The number of amides is 2. The van der Waals surface area contributed by atoms with Gasteiger partial charge in [-0.05, 0) is 19.3 Å². The third-order valence-electron chi connectivity index (χ3n) is 4.65. The van der Waals surface area contributed by atoms with Gasteiger partial charge in [-0.25, -0.2) is 14.8 Å². The van der Waals surface area contributed by atoms with Crippen molar-refractivity contribution in [2.45, 2.75) is 62.3 Å². The second kappa shape index (κ2) is 5.98. The van der Waals surface area contributed by atoms with Crippen LogP contribution >= 0.6 is 0 Å². The molecule has 1 unspecified atom stereocenters. The molecule has 1 atom stereocenters. The number of anilines is 1. The number of fused-ring (bicyclic) bond motifs is 1. The summed E-state index contributed by atoms with van der Waals surface area (Å²) < 4.78 is 12.4. The summed E-state index contributed by atoms with van der Waals surface area (Å²) in [6.07, 6.45) is 3.64. The Labute approximate surface area is 144 Å². The van der Waals surface area contributed by atoms with Gasteiger partial charge in [-0.2, -0.15) is 0 Å². The molecular weight excluding hydrogens is 326 g/mol. The summed E-state index contributed by atoms with van der Waals surface area (Å²) in [4.78, 5) is 21.2. The van der Waals surface area contributed by atoms with Crippen molar-refractivity contribution in [2.24, 2.45) is 5.73 Å². The predicted molar refractivity (Wildman–Crippen MR) is 93.5 cm³/mol. The average Bonchev–Trinajstić information content (AvgIpc) is 2.82. The lowest BCUT2D eigenvalue weighted by Crippen LogP contribution is -2.54. The fourth-order valence-corrected chi connectivity index (χ4v) is 4.38. The van der Waals surface area contributed by atoms with Gasteiger partial charge < -0.3 is 16.4 Å². The summed E-state index contributed by atoms with van der Waals surface area (Å²) in [6, 6.07) is -0.532. The molecule has 1 saturated carbocycles. The number of carbonyl (C=O) groups is 1. The first kappa shape index (κ1) is 17.1. The van der Waals surface area contributed by atoms with Crippen LogP contribution in [0.2, 0.25) is 0 Å². The molecule has 2 amide bonds. The van der Waals surface area contributed by atoms with E-state index in [0.717, 1.165) is 42.1 Å². The zero-order chi connectivity index (χ0) is 17.5. The molecule has 24 heavy (non-hydrogen) atoms. The molecule has 2 aliphatic rings. The molecule has 1 aliphatic heterocycles. The van der Waals surface area contributed by atoms with Crippen LogP contribution in [0.5, 0.6) is 0 Å². The SMILES string of the molecule is CC(C)(C)c1nc2c(c(NC3(CNC(N)=O)CCC3)n1)S(=O)CC2. The molecule has 0 spiro atoms. The standard InChI is InChI=1S/C16H25N5O2S/c1-15(2,3)13-19-10-5-8-24(23)11(10)12(20-13)21-16(6-4-7-16)9-18-14(17)22/h4-9H2,1-3H3,(H3,17,18,22)(H,19,20,21). The van der Waals surface area contributed by atoms with Crippen molar-refractivity contribution in [3.8, 4) is 0 Å². The van der Waals surface area contributed by atoms with Gasteiger partial charge in [-0.3, -0.25) is 4.21 Å². The van der Waals surface area contributed by atoms with Crippen molar-refractivity contribution in [3.63, 3.8) is 0 Å². The van der Waals surface area contributed by atoms with E-state index < -0.39 is 16.8 Å². The number of urea groups is 1. The highest BCUT2D eigenvalue weighted by Gasteiger charge is 2.39. The van der Waals surface area contributed by atoms with Crippen molar-refractivity contribution in [3.05, 3.63) is 11.5 Å². The molecule has 132 valence electrons. The molecular formula is C16H25N5O2S. The first-order chi connectivity index (χ1) is 11.2. The monoisotopic (exact) mass is 351 g/mol. The second-order valence-corrected chi connectivity index (χ2v) is 9.21. The quantitative estimate of drug-likeness (QED) is 0.760. The number of nitrogens with two attached hydrogens (primary N) is 1. The van der Waals surface area contributed by atoms with E-state index in [9.17, 15) is 9.00 Å². The van der Waals surface area contributed by atoms with Crippen LogP contribution in [0.25, 0.3) is 0 Å². The van der Waals surface area contributed by atoms with Gasteiger partial charge in [0.05, 0.1) is 22.0 Å². The van der Waals surface area contributed by atoms with Crippen molar-refractivity contribution >= 4 is 22.6 Å². The highest BCUT2D eigenvalue weighted by atomic mass is 32.2. The highest BCUT2D eigenvalue weighted by molar-refractivity contribution is 7.85. The van der Waals surface area contributed by atoms with E-state index in [1.807, 2.05) is 0 Å². The van der Waals surface area contributed by atoms with Crippen molar-refractivity contribution in [1.82, 2.24) is 15.3 Å². The summed E-state index contributed by atoms with van der Waals surface area (Å²) >= 11 is 0. The summed E-state index contributed by atoms with van der Waals surface area (Å²) in [5, 5.41) is 6.17. The van der Waals surface area contributed by atoms with Gasteiger partial charge >= 0.3 is 6.03 Å². The summed E-state index contributed by atoms with van der Waals surface area (Å²) in [5.74, 6) is 2.01. The van der Waals surface area contributed by atoms with Crippen LogP contribution < -0.4 is 16.4 Å². The average molecular weight is 351 g/mol. The maximum absolute atomic E-state index is 12.4. The molecule has 2 heterocycles. The first-order valence-corrected chi connectivity index (χ1v) is 9.63. The smallest absolute Gasteiger partial charge is 0.312 e. The second-order valence-electron chi connectivity index (χ2n) is 7.70.